The van der Waals surface area contributed by atoms with Crippen molar-refractivity contribution in [1.29, 1.82) is 0 Å². The molecule has 3 N–H and O–H groups in total. The van der Waals surface area contributed by atoms with Gasteiger partial charge in [-0.3, -0.25) is 10.4 Å². The second-order valence-electron chi connectivity index (χ2n) is 5.70. The van der Waals surface area contributed by atoms with Gasteiger partial charge in [-0.25, -0.2) is 4.98 Å². The first-order valence-electron chi connectivity index (χ1n) is 8.30. The topological polar surface area (TPSA) is 83.1 Å². The molecule has 0 spiro atoms. The molecule has 6 nitrogen and oxygen atoms in total. The number of para-hydroxylation sites is 1. The van der Waals surface area contributed by atoms with Crippen molar-refractivity contribution in [3.8, 4) is 11.5 Å². The van der Waals surface area contributed by atoms with Gasteiger partial charge in [-0.1, -0.05) is 42.5 Å². The van der Waals surface area contributed by atoms with E-state index in [9.17, 15) is 5.11 Å². The fraction of sp³-hybridized carbons (Fsp3) is 0.263. The molecule has 0 fully saturated rings. The number of ether oxygens (including phenoxy) is 1. The van der Waals surface area contributed by atoms with Gasteiger partial charge in [0.25, 0.3) is 0 Å². The molecule has 0 bridgehead atoms. The summed E-state index contributed by atoms with van der Waals surface area (Å²) >= 11 is 0. The zero-order valence-corrected chi connectivity index (χ0v) is 14.4. The fourth-order valence-corrected chi connectivity index (χ4v) is 2.69. The highest BCUT2D eigenvalue weighted by molar-refractivity contribution is 5.45. The Hall–Kier alpha value is -2.86. The van der Waals surface area contributed by atoms with E-state index in [2.05, 4.69) is 20.5 Å². The first kappa shape index (κ1) is 17.0. The van der Waals surface area contributed by atoms with Crippen LogP contribution in [0.2, 0.25) is 0 Å². The fourth-order valence-electron chi connectivity index (χ4n) is 2.69. The molecule has 1 atom stereocenters. The third-order valence-electron chi connectivity index (χ3n) is 3.88. The van der Waals surface area contributed by atoms with Gasteiger partial charge in [0.1, 0.15) is 5.82 Å². The molecule has 3 aromatic rings. The van der Waals surface area contributed by atoms with Gasteiger partial charge in [0, 0.05) is 12.1 Å². The summed E-state index contributed by atoms with van der Waals surface area (Å²) in [5.74, 6) is 2.09. The highest BCUT2D eigenvalue weighted by atomic mass is 16.5. The van der Waals surface area contributed by atoms with Gasteiger partial charge < -0.3 is 9.84 Å². The van der Waals surface area contributed by atoms with Crippen molar-refractivity contribution < 1.29 is 9.84 Å². The average molecular weight is 338 g/mol. The molecule has 1 heterocycles. The van der Waals surface area contributed by atoms with Crippen LogP contribution in [0.4, 0.5) is 0 Å². The normalized spacial score (nSPS) is 12.1. The Labute approximate surface area is 146 Å². The average Bonchev–Trinajstić information content (AvgIpc) is 3.05. The van der Waals surface area contributed by atoms with Crippen LogP contribution < -0.4 is 10.1 Å². The molecule has 0 saturated carbocycles. The predicted octanol–water partition coefficient (Wildman–Crippen LogP) is 3.10. The number of phenols is 1. The van der Waals surface area contributed by atoms with E-state index in [1.807, 2.05) is 56.3 Å². The van der Waals surface area contributed by atoms with Gasteiger partial charge in [-0.15, -0.1) is 0 Å². The van der Waals surface area contributed by atoms with Crippen molar-refractivity contribution in [3.63, 3.8) is 0 Å². The summed E-state index contributed by atoms with van der Waals surface area (Å²) in [7, 11) is 0. The molecule has 0 amide bonds. The van der Waals surface area contributed by atoms with Crippen LogP contribution in [0.15, 0.2) is 48.5 Å². The lowest BCUT2D eigenvalue weighted by atomic mass is 10.1. The van der Waals surface area contributed by atoms with Crippen LogP contribution in [0, 0.1) is 6.92 Å². The van der Waals surface area contributed by atoms with E-state index >= 15 is 0 Å². The highest BCUT2D eigenvalue weighted by Gasteiger charge is 2.19. The molecule has 25 heavy (non-hydrogen) atoms. The molecular weight excluding hydrogens is 316 g/mol. The lowest BCUT2D eigenvalue weighted by molar-refractivity contribution is 0.316. The Bertz CT molecular complexity index is 817. The summed E-state index contributed by atoms with van der Waals surface area (Å²) in [6.45, 7) is 4.73. The molecule has 0 aliphatic rings. The highest BCUT2D eigenvalue weighted by Crippen LogP contribution is 2.30. The summed E-state index contributed by atoms with van der Waals surface area (Å²) < 4.78 is 5.45. The van der Waals surface area contributed by atoms with E-state index < -0.39 is 0 Å². The molecule has 1 aromatic heterocycles. The lowest BCUT2D eigenvalue weighted by Crippen LogP contribution is -2.23. The third-order valence-corrected chi connectivity index (χ3v) is 3.88. The molecule has 3 rings (SSSR count). The number of hydrogen-bond acceptors (Lipinski definition) is 5. The number of aromatic amines is 1. The minimum atomic E-state index is -0.179. The molecule has 0 unspecified atom stereocenters. The summed E-state index contributed by atoms with van der Waals surface area (Å²) in [6, 6.07) is 15.3. The van der Waals surface area contributed by atoms with Crippen LogP contribution in [-0.2, 0) is 6.54 Å². The second kappa shape index (κ2) is 7.81. The first-order valence-corrected chi connectivity index (χ1v) is 8.30. The molecule has 2 aromatic carbocycles. The van der Waals surface area contributed by atoms with Gasteiger partial charge in [-0.2, -0.15) is 5.10 Å². The number of aromatic hydroxyl groups is 1. The maximum Gasteiger partial charge on any atom is 0.172 e. The largest absolute Gasteiger partial charge is 0.504 e. The van der Waals surface area contributed by atoms with Gasteiger partial charge >= 0.3 is 0 Å². The Morgan fingerprint density at radius 3 is 2.64 bits per heavy atom. The van der Waals surface area contributed by atoms with Gasteiger partial charge in [0.2, 0.25) is 0 Å². The molecular formula is C19H22N4O2. The van der Waals surface area contributed by atoms with Crippen LogP contribution in [0.5, 0.6) is 11.5 Å². The Morgan fingerprint density at radius 1 is 1.16 bits per heavy atom. The molecule has 0 aliphatic carbocycles. The van der Waals surface area contributed by atoms with Crippen molar-refractivity contribution in [2.24, 2.45) is 0 Å². The zero-order chi connectivity index (χ0) is 17.6. The number of benzene rings is 2. The van der Waals surface area contributed by atoms with E-state index in [1.165, 1.54) is 0 Å². The molecule has 0 saturated heterocycles. The van der Waals surface area contributed by atoms with Crippen molar-refractivity contribution in [2.45, 2.75) is 26.4 Å². The van der Waals surface area contributed by atoms with Crippen molar-refractivity contribution in [1.82, 2.24) is 20.5 Å². The molecule has 130 valence electrons. The summed E-state index contributed by atoms with van der Waals surface area (Å²) in [5.41, 5.74) is 1.82. The number of aryl methyl sites for hydroxylation is 1. The number of aromatic nitrogens is 3. The molecule has 6 heteroatoms. The smallest absolute Gasteiger partial charge is 0.172 e. The predicted molar refractivity (Wildman–Crippen MR) is 95.5 cm³/mol. The number of H-pyrrole nitrogens is 1. The van der Waals surface area contributed by atoms with Crippen LogP contribution in [-0.4, -0.2) is 26.9 Å². The van der Waals surface area contributed by atoms with Gasteiger partial charge in [-0.05, 0) is 25.5 Å². The van der Waals surface area contributed by atoms with Gasteiger partial charge in [0.15, 0.2) is 17.3 Å². The maximum atomic E-state index is 10.4. The van der Waals surface area contributed by atoms with Crippen LogP contribution in [0.3, 0.4) is 0 Å². The number of phenolic OH excluding ortho intramolecular Hbond substituents is 1. The number of hydrogen-bond donors (Lipinski definition) is 3. The van der Waals surface area contributed by atoms with E-state index in [-0.39, 0.29) is 11.8 Å². The lowest BCUT2D eigenvalue weighted by Gasteiger charge is -2.17. The van der Waals surface area contributed by atoms with Crippen LogP contribution in [0.1, 0.15) is 35.7 Å². The summed E-state index contributed by atoms with van der Waals surface area (Å²) in [5, 5.41) is 21.0. The third kappa shape index (κ3) is 3.97. The monoisotopic (exact) mass is 338 g/mol. The van der Waals surface area contributed by atoms with Crippen LogP contribution >= 0.6 is 0 Å². The Kier molecular flexibility index (Phi) is 5.30. The number of nitrogens with zero attached hydrogens (tertiary/aromatic N) is 2. The van der Waals surface area contributed by atoms with Crippen molar-refractivity contribution in [2.75, 3.05) is 6.61 Å². The quantitative estimate of drug-likeness (QED) is 0.616. The van der Waals surface area contributed by atoms with Gasteiger partial charge in [0.05, 0.1) is 12.6 Å². The van der Waals surface area contributed by atoms with Crippen molar-refractivity contribution in [3.05, 3.63) is 71.3 Å². The van der Waals surface area contributed by atoms with Crippen molar-refractivity contribution >= 4 is 0 Å². The zero-order valence-electron chi connectivity index (χ0n) is 14.4. The number of rotatable bonds is 7. The SMILES string of the molecule is CCOc1cccc(CN[C@@H](c2ccccc2)c2n[nH]c(C)n2)c1O. The first-order chi connectivity index (χ1) is 12.2. The van der Waals surface area contributed by atoms with E-state index in [1.54, 1.807) is 6.07 Å². The molecule has 0 aliphatic heterocycles. The Morgan fingerprint density at radius 2 is 1.96 bits per heavy atom. The molecule has 0 radical (unpaired) electrons. The Balaban J connectivity index is 1.83. The minimum absolute atomic E-state index is 0.162. The van der Waals surface area contributed by atoms with E-state index in [4.69, 9.17) is 4.74 Å². The second-order valence-corrected chi connectivity index (χ2v) is 5.70. The summed E-state index contributed by atoms with van der Waals surface area (Å²) in [6.07, 6.45) is 0. The summed E-state index contributed by atoms with van der Waals surface area (Å²) in [4.78, 5) is 4.45. The van der Waals surface area contributed by atoms with E-state index in [0.29, 0.717) is 24.7 Å². The number of nitrogens with one attached hydrogen (secondary N) is 2. The standard InChI is InChI=1S/C19H22N4O2/c1-3-25-16-11-7-10-15(18(16)24)12-20-17(14-8-5-4-6-9-14)19-21-13(2)22-23-19/h4-11,17,20,24H,3,12H2,1-2H3,(H,21,22,23)/t17-/m0/s1. The minimum Gasteiger partial charge on any atom is -0.504 e. The van der Waals surface area contributed by atoms with E-state index in [0.717, 1.165) is 17.0 Å². The van der Waals surface area contributed by atoms with Crippen LogP contribution in [0.25, 0.3) is 0 Å². The maximum absolute atomic E-state index is 10.4.